The lowest BCUT2D eigenvalue weighted by molar-refractivity contribution is -0.385. The van der Waals surface area contributed by atoms with Gasteiger partial charge in [-0.05, 0) is 24.8 Å². The highest BCUT2D eigenvalue weighted by Gasteiger charge is 2.24. The summed E-state index contributed by atoms with van der Waals surface area (Å²) in [5.41, 5.74) is 0.173. The smallest absolute Gasteiger partial charge is 0.272 e. The van der Waals surface area contributed by atoms with E-state index in [0.29, 0.717) is 36.3 Å². The highest BCUT2D eigenvalue weighted by Crippen LogP contribution is 2.29. The Kier molecular flexibility index (Phi) is 4.22. The molecule has 1 aromatic heterocycles. The van der Waals surface area contributed by atoms with E-state index in [1.807, 2.05) is 4.90 Å². The molecule has 1 aromatic carbocycles. The van der Waals surface area contributed by atoms with E-state index in [1.54, 1.807) is 6.92 Å². The van der Waals surface area contributed by atoms with Gasteiger partial charge in [0.15, 0.2) is 11.6 Å². The van der Waals surface area contributed by atoms with Crippen LogP contribution in [-0.4, -0.2) is 28.2 Å². The van der Waals surface area contributed by atoms with E-state index in [4.69, 9.17) is 4.52 Å². The topological polar surface area (TPSA) is 85.3 Å². The molecule has 0 radical (unpaired) electrons. The summed E-state index contributed by atoms with van der Waals surface area (Å²) >= 11 is 0. The van der Waals surface area contributed by atoms with Gasteiger partial charge in [0.1, 0.15) is 0 Å². The fourth-order valence-electron chi connectivity index (χ4n) is 3.00. The van der Waals surface area contributed by atoms with Crippen LogP contribution in [0, 0.1) is 28.8 Å². The predicted molar refractivity (Wildman–Crippen MR) is 80.7 cm³/mol. The molecule has 23 heavy (non-hydrogen) atoms. The van der Waals surface area contributed by atoms with Crippen LogP contribution in [0.15, 0.2) is 22.7 Å². The highest BCUT2D eigenvalue weighted by molar-refractivity contribution is 5.52. The van der Waals surface area contributed by atoms with Gasteiger partial charge in [0.2, 0.25) is 5.89 Å². The Bertz CT molecular complexity index is 718. The summed E-state index contributed by atoms with van der Waals surface area (Å²) in [6.07, 6.45) is 2.62. The first-order valence-electron chi connectivity index (χ1n) is 7.51. The van der Waals surface area contributed by atoms with Gasteiger partial charge in [-0.15, -0.1) is 0 Å². The number of hydrogen-bond acceptors (Lipinski definition) is 6. The zero-order chi connectivity index (χ0) is 16.4. The molecular formula is C15H17FN4O3. The number of rotatable bonds is 4. The van der Waals surface area contributed by atoms with Crippen LogP contribution >= 0.6 is 0 Å². The molecule has 0 saturated carbocycles. The first-order chi connectivity index (χ1) is 11.0. The summed E-state index contributed by atoms with van der Waals surface area (Å²) < 4.78 is 19.1. The summed E-state index contributed by atoms with van der Waals surface area (Å²) in [6.45, 7) is 3.15. The quantitative estimate of drug-likeness (QED) is 0.636. The number of nitro groups is 1. The number of hydrogen-bond donors (Lipinski definition) is 0. The second-order valence-electron chi connectivity index (χ2n) is 5.78. The fraction of sp³-hybridized carbons (Fsp3) is 0.467. The van der Waals surface area contributed by atoms with Gasteiger partial charge in [0.25, 0.3) is 5.69 Å². The summed E-state index contributed by atoms with van der Waals surface area (Å²) in [4.78, 5) is 16.2. The number of aromatic nitrogens is 2. The van der Waals surface area contributed by atoms with Crippen molar-refractivity contribution in [1.29, 1.82) is 0 Å². The first-order valence-corrected chi connectivity index (χ1v) is 7.51. The van der Waals surface area contributed by atoms with Gasteiger partial charge in [-0.1, -0.05) is 5.16 Å². The van der Waals surface area contributed by atoms with Crippen molar-refractivity contribution >= 4 is 11.4 Å². The van der Waals surface area contributed by atoms with Crippen molar-refractivity contribution in [2.75, 3.05) is 18.0 Å². The van der Waals surface area contributed by atoms with Gasteiger partial charge in [0.05, 0.1) is 16.7 Å². The number of non-ortho nitro benzene ring substituents is 1. The molecule has 3 rings (SSSR count). The molecule has 0 spiro atoms. The standard InChI is InChI=1S/C15H17FN4O3/c1-10-17-15(18-23-10)7-11-3-2-6-19(9-11)14-5-4-12(20(21)22)8-13(14)16/h4-5,8,11H,2-3,6-7,9H2,1H3. The molecular weight excluding hydrogens is 303 g/mol. The molecule has 0 aliphatic carbocycles. The molecule has 1 saturated heterocycles. The van der Waals surface area contributed by atoms with Crippen molar-refractivity contribution in [3.8, 4) is 0 Å². The van der Waals surface area contributed by atoms with Gasteiger partial charge < -0.3 is 9.42 Å². The van der Waals surface area contributed by atoms with Crippen molar-refractivity contribution in [3.63, 3.8) is 0 Å². The molecule has 1 atom stereocenters. The largest absolute Gasteiger partial charge is 0.369 e. The molecule has 122 valence electrons. The van der Waals surface area contributed by atoms with Gasteiger partial charge in [0, 0.05) is 32.5 Å². The van der Waals surface area contributed by atoms with Crippen LogP contribution in [0.5, 0.6) is 0 Å². The number of nitrogens with zero attached hydrogens (tertiary/aromatic N) is 4. The number of nitro benzene ring substituents is 1. The molecule has 0 amide bonds. The van der Waals surface area contributed by atoms with E-state index in [1.165, 1.54) is 12.1 Å². The van der Waals surface area contributed by atoms with E-state index in [-0.39, 0.29) is 5.69 Å². The van der Waals surface area contributed by atoms with Gasteiger partial charge >= 0.3 is 0 Å². The van der Waals surface area contributed by atoms with Crippen LogP contribution in [0.25, 0.3) is 0 Å². The maximum absolute atomic E-state index is 14.2. The zero-order valence-electron chi connectivity index (χ0n) is 12.7. The highest BCUT2D eigenvalue weighted by atomic mass is 19.1. The number of anilines is 1. The van der Waals surface area contributed by atoms with Crippen molar-refractivity contribution in [2.45, 2.75) is 26.2 Å². The number of benzene rings is 1. The Morgan fingerprint density at radius 1 is 1.52 bits per heavy atom. The fourth-order valence-corrected chi connectivity index (χ4v) is 3.00. The Balaban J connectivity index is 1.72. The average Bonchev–Trinajstić information content (AvgIpc) is 2.92. The lowest BCUT2D eigenvalue weighted by Crippen LogP contribution is -2.36. The second kappa shape index (κ2) is 6.31. The predicted octanol–water partition coefficient (Wildman–Crippen LogP) is 2.88. The lowest BCUT2D eigenvalue weighted by Gasteiger charge is -2.34. The maximum atomic E-state index is 14.2. The number of aryl methyl sites for hydroxylation is 1. The lowest BCUT2D eigenvalue weighted by atomic mass is 9.94. The minimum Gasteiger partial charge on any atom is -0.369 e. The maximum Gasteiger partial charge on any atom is 0.272 e. The second-order valence-corrected chi connectivity index (χ2v) is 5.78. The molecule has 1 unspecified atom stereocenters. The minimum atomic E-state index is -0.593. The van der Waals surface area contributed by atoms with E-state index >= 15 is 0 Å². The van der Waals surface area contributed by atoms with E-state index < -0.39 is 10.7 Å². The molecule has 8 heteroatoms. The Morgan fingerprint density at radius 3 is 3.00 bits per heavy atom. The third kappa shape index (κ3) is 3.46. The van der Waals surface area contributed by atoms with Crippen LogP contribution in [0.1, 0.15) is 24.6 Å². The van der Waals surface area contributed by atoms with Crippen molar-refractivity contribution < 1.29 is 13.8 Å². The van der Waals surface area contributed by atoms with Crippen molar-refractivity contribution in [2.24, 2.45) is 5.92 Å². The van der Waals surface area contributed by atoms with E-state index in [0.717, 1.165) is 25.5 Å². The molecule has 2 aromatic rings. The Labute approximate surface area is 132 Å². The number of piperidine rings is 1. The van der Waals surface area contributed by atoms with Gasteiger partial charge in [-0.2, -0.15) is 4.98 Å². The molecule has 1 fully saturated rings. The molecule has 7 nitrogen and oxygen atoms in total. The zero-order valence-corrected chi connectivity index (χ0v) is 12.7. The molecule has 2 heterocycles. The molecule has 1 aliphatic heterocycles. The third-order valence-electron chi connectivity index (χ3n) is 4.04. The SMILES string of the molecule is Cc1nc(CC2CCCN(c3ccc([N+](=O)[O-])cc3F)C2)no1. The van der Waals surface area contributed by atoms with E-state index in [9.17, 15) is 14.5 Å². The Hall–Kier alpha value is -2.51. The summed E-state index contributed by atoms with van der Waals surface area (Å²) in [7, 11) is 0. The van der Waals surface area contributed by atoms with Crippen LogP contribution < -0.4 is 4.90 Å². The van der Waals surface area contributed by atoms with Gasteiger partial charge in [-0.25, -0.2) is 4.39 Å². The van der Waals surface area contributed by atoms with Crippen LogP contribution in [0.2, 0.25) is 0 Å². The monoisotopic (exact) mass is 320 g/mol. The molecule has 0 N–H and O–H groups in total. The molecule has 1 aliphatic rings. The Morgan fingerprint density at radius 2 is 2.35 bits per heavy atom. The van der Waals surface area contributed by atoms with E-state index in [2.05, 4.69) is 10.1 Å². The van der Waals surface area contributed by atoms with Crippen molar-refractivity contribution in [1.82, 2.24) is 10.1 Å². The summed E-state index contributed by atoms with van der Waals surface area (Å²) in [5.74, 6) is 0.943. The van der Waals surface area contributed by atoms with Crippen molar-refractivity contribution in [3.05, 3.63) is 45.8 Å². The summed E-state index contributed by atoms with van der Waals surface area (Å²) in [6, 6.07) is 3.79. The number of halogens is 1. The van der Waals surface area contributed by atoms with Crippen LogP contribution in [0.4, 0.5) is 15.8 Å². The van der Waals surface area contributed by atoms with Crippen LogP contribution in [-0.2, 0) is 6.42 Å². The minimum absolute atomic E-state index is 0.234. The van der Waals surface area contributed by atoms with Crippen LogP contribution in [0.3, 0.4) is 0 Å². The molecule has 0 bridgehead atoms. The summed E-state index contributed by atoms with van der Waals surface area (Å²) in [5, 5.41) is 14.6. The normalized spacial score (nSPS) is 18.2. The third-order valence-corrected chi connectivity index (χ3v) is 4.04. The van der Waals surface area contributed by atoms with Gasteiger partial charge in [-0.3, -0.25) is 10.1 Å². The first kappa shape index (κ1) is 15.4. The average molecular weight is 320 g/mol.